The van der Waals surface area contributed by atoms with Crippen LogP contribution < -0.4 is 15.6 Å². The van der Waals surface area contributed by atoms with E-state index >= 15 is 0 Å². The number of benzene rings is 2. The number of nitrogens with one attached hydrogen (secondary N) is 2. The second kappa shape index (κ2) is 8.19. The number of hydrogen-bond acceptors (Lipinski definition) is 7. The number of carbonyl (C=O) groups is 2. The molecule has 0 saturated carbocycles. The largest absolute Gasteiger partial charge is 0.477 e. The maximum Gasteiger partial charge on any atom is 0.310 e. The number of hydrogen-bond donors (Lipinski definition) is 2. The zero-order chi connectivity index (χ0) is 19.1. The highest BCUT2D eigenvalue weighted by atomic mass is 16.6. The molecule has 2 amide bonds. The maximum atomic E-state index is 11.9. The molecule has 2 aromatic rings. The van der Waals surface area contributed by atoms with E-state index in [9.17, 15) is 29.8 Å². The highest BCUT2D eigenvalue weighted by Crippen LogP contribution is 2.25. The Balaban J connectivity index is 1.93. The number of para-hydroxylation sites is 3. The number of rotatable bonds is 6. The summed E-state index contributed by atoms with van der Waals surface area (Å²) in [6.45, 7) is -0.609. The summed E-state index contributed by atoms with van der Waals surface area (Å²) >= 11 is 0. The third-order valence-electron chi connectivity index (χ3n) is 3.08. The fraction of sp³-hybridized carbons (Fsp3) is 0.0667. The van der Waals surface area contributed by atoms with Crippen molar-refractivity contribution >= 4 is 23.2 Å². The second-order valence-electron chi connectivity index (χ2n) is 4.79. The van der Waals surface area contributed by atoms with E-state index in [2.05, 4.69) is 0 Å². The van der Waals surface area contributed by atoms with Gasteiger partial charge in [-0.25, -0.2) is 0 Å². The molecule has 2 rings (SSSR count). The summed E-state index contributed by atoms with van der Waals surface area (Å²) in [5.41, 5.74) is 3.05. The molecule has 11 nitrogen and oxygen atoms in total. The van der Waals surface area contributed by atoms with Crippen LogP contribution >= 0.6 is 0 Å². The Morgan fingerprint density at radius 1 is 0.885 bits per heavy atom. The average Bonchev–Trinajstić information content (AvgIpc) is 2.64. The Bertz CT molecular complexity index is 869. The molecule has 11 heteroatoms. The molecule has 0 aliphatic rings. The van der Waals surface area contributed by atoms with E-state index in [-0.39, 0.29) is 17.0 Å². The molecule has 0 fully saturated rings. The van der Waals surface area contributed by atoms with Gasteiger partial charge in [-0.2, -0.15) is 0 Å². The summed E-state index contributed by atoms with van der Waals surface area (Å²) < 4.78 is 5.05. The Morgan fingerprint density at radius 3 is 2.12 bits per heavy atom. The standard InChI is InChI=1S/C15H12N4O7/c20-14(9-26-13-8-4-3-7-12(13)19(24)25)16-17-15(21)10-5-1-2-6-11(10)18(22)23/h1-8H,9H2,(H,16,20)(H,17,21). The number of nitrogens with zero attached hydrogens (tertiary/aromatic N) is 2. The molecule has 0 heterocycles. The highest BCUT2D eigenvalue weighted by molar-refractivity contribution is 5.99. The summed E-state index contributed by atoms with van der Waals surface area (Å²) in [5, 5.41) is 21.7. The molecule has 0 unspecified atom stereocenters. The molecule has 0 atom stereocenters. The topological polar surface area (TPSA) is 154 Å². The second-order valence-corrected chi connectivity index (χ2v) is 4.79. The smallest absolute Gasteiger partial charge is 0.310 e. The van der Waals surface area contributed by atoms with Gasteiger partial charge in [-0.15, -0.1) is 0 Å². The van der Waals surface area contributed by atoms with E-state index in [1.165, 1.54) is 42.5 Å². The Morgan fingerprint density at radius 2 is 1.46 bits per heavy atom. The van der Waals surface area contributed by atoms with Crippen LogP contribution in [0.4, 0.5) is 11.4 Å². The number of nitro groups is 2. The van der Waals surface area contributed by atoms with Crippen LogP contribution in [0.1, 0.15) is 10.4 Å². The van der Waals surface area contributed by atoms with Gasteiger partial charge in [-0.05, 0) is 12.1 Å². The number of hydrazine groups is 1. The van der Waals surface area contributed by atoms with Crippen molar-refractivity contribution < 1.29 is 24.2 Å². The SMILES string of the molecule is O=C(COc1ccccc1[N+](=O)[O-])NNC(=O)c1ccccc1[N+](=O)[O-]. The van der Waals surface area contributed by atoms with Gasteiger partial charge in [0, 0.05) is 12.1 Å². The minimum atomic E-state index is -0.892. The van der Waals surface area contributed by atoms with Crippen molar-refractivity contribution in [3.8, 4) is 5.75 Å². The highest BCUT2D eigenvalue weighted by Gasteiger charge is 2.20. The fourth-order valence-corrected chi connectivity index (χ4v) is 1.93. The third-order valence-corrected chi connectivity index (χ3v) is 3.08. The van der Waals surface area contributed by atoms with Gasteiger partial charge in [0.2, 0.25) is 0 Å². The first kappa shape index (κ1) is 18.3. The molecule has 0 spiro atoms. The molecule has 0 radical (unpaired) electrons. The molecule has 0 bridgehead atoms. The van der Waals surface area contributed by atoms with Gasteiger partial charge >= 0.3 is 5.69 Å². The van der Waals surface area contributed by atoms with E-state index in [1.54, 1.807) is 0 Å². The summed E-state index contributed by atoms with van der Waals surface area (Å²) in [5.74, 6) is -1.82. The third kappa shape index (κ3) is 4.50. The molecular formula is C15H12N4O7. The lowest BCUT2D eigenvalue weighted by molar-refractivity contribution is -0.385. The van der Waals surface area contributed by atoms with Crippen LogP contribution in [-0.2, 0) is 4.79 Å². The minimum absolute atomic E-state index is 0.113. The van der Waals surface area contributed by atoms with Crippen LogP contribution in [0.5, 0.6) is 5.75 Å². The van der Waals surface area contributed by atoms with Crippen LogP contribution in [0.2, 0.25) is 0 Å². The van der Waals surface area contributed by atoms with Crippen molar-refractivity contribution in [3.05, 3.63) is 74.3 Å². The van der Waals surface area contributed by atoms with Gasteiger partial charge < -0.3 is 4.74 Å². The molecule has 2 N–H and O–H groups in total. The van der Waals surface area contributed by atoms with Crippen molar-refractivity contribution in [2.24, 2.45) is 0 Å². The predicted molar refractivity (Wildman–Crippen MR) is 87.3 cm³/mol. The zero-order valence-corrected chi connectivity index (χ0v) is 13.1. The van der Waals surface area contributed by atoms with E-state index in [1.807, 2.05) is 10.9 Å². The van der Waals surface area contributed by atoms with Crippen molar-refractivity contribution in [3.63, 3.8) is 0 Å². The molecular weight excluding hydrogens is 348 g/mol. The first-order valence-electron chi connectivity index (χ1n) is 7.09. The van der Waals surface area contributed by atoms with Crippen LogP contribution in [0, 0.1) is 20.2 Å². The molecule has 26 heavy (non-hydrogen) atoms. The number of nitro benzene ring substituents is 2. The van der Waals surface area contributed by atoms with Crippen LogP contribution in [0.3, 0.4) is 0 Å². The van der Waals surface area contributed by atoms with Gasteiger partial charge in [0.15, 0.2) is 12.4 Å². The Hall–Kier alpha value is -4.02. The average molecular weight is 360 g/mol. The van der Waals surface area contributed by atoms with E-state index in [0.29, 0.717) is 0 Å². The van der Waals surface area contributed by atoms with Crippen molar-refractivity contribution in [2.75, 3.05) is 6.61 Å². The van der Waals surface area contributed by atoms with Crippen LogP contribution in [0.25, 0.3) is 0 Å². The molecule has 0 saturated heterocycles. The van der Waals surface area contributed by atoms with E-state index in [4.69, 9.17) is 4.74 Å². The van der Waals surface area contributed by atoms with Gasteiger partial charge in [0.05, 0.1) is 9.85 Å². The Kier molecular flexibility index (Phi) is 5.77. The number of amides is 2. The lowest BCUT2D eigenvalue weighted by Crippen LogP contribution is -2.44. The van der Waals surface area contributed by atoms with E-state index < -0.39 is 34.0 Å². The first-order chi connectivity index (χ1) is 12.4. The number of ether oxygens (including phenoxy) is 1. The Labute approximate surface area is 145 Å². The normalized spacial score (nSPS) is 9.85. The first-order valence-corrected chi connectivity index (χ1v) is 7.09. The zero-order valence-electron chi connectivity index (χ0n) is 13.1. The van der Waals surface area contributed by atoms with Crippen LogP contribution in [0.15, 0.2) is 48.5 Å². The molecule has 134 valence electrons. The van der Waals surface area contributed by atoms with Crippen molar-refractivity contribution in [2.45, 2.75) is 0 Å². The monoisotopic (exact) mass is 360 g/mol. The fourth-order valence-electron chi connectivity index (χ4n) is 1.93. The minimum Gasteiger partial charge on any atom is -0.477 e. The predicted octanol–water partition coefficient (Wildman–Crippen LogP) is 1.34. The van der Waals surface area contributed by atoms with Gasteiger partial charge in [-0.3, -0.25) is 40.7 Å². The van der Waals surface area contributed by atoms with Crippen LogP contribution in [-0.4, -0.2) is 28.3 Å². The summed E-state index contributed by atoms with van der Waals surface area (Å²) in [4.78, 5) is 44.0. The van der Waals surface area contributed by atoms with Crippen molar-refractivity contribution in [1.82, 2.24) is 10.9 Å². The summed E-state index contributed by atoms with van der Waals surface area (Å²) in [6, 6.07) is 10.7. The lowest BCUT2D eigenvalue weighted by Gasteiger charge is -2.09. The van der Waals surface area contributed by atoms with E-state index in [0.717, 1.165) is 6.07 Å². The summed E-state index contributed by atoms with van der Waals surface area (Å²) in [6.07, 6.45) is 0. The maximum absolute atomic E-state index is 11.9. The quantitative estimate of drug-likeness (QED) is 0.582. The van der Waals surface area contributed by atoms with Gasteiger partial charge in [-0.1, -0.05) is 24.3 Å². The molecule has 0 aromatic heterocycles. The lowest BCUT2D eigenvalue weighted by atomic mass is 10.2. The van der Waals surface area contributed by atoms with Gasteiger partial charge in [0.25, 0.3) is 17.5 Å². The molecule has 2 aromatic carbocycles. The number of carbonyl (C=O) groups excluding carboxylic acids is 2. The van der Waals surface area contributed by atoms with Gasteiger partial charge in [0.1, 0.15) is 5.56 Å². The van der Waals surface area contributed by atoms with Crippen molar-refractivity contribution in [1.29, 1.82) is 0 Å². The molecule has 0 aliphatic carbocycles. The summed E-state index contributed by atoms with van der Waals surface area (Å²) in [7, 11) is 0. The molecule has 0 aliphatic heterocycles.